The molecular weight excluding hydrogens is 281 g/mol. The van der Waals surface area contributed by atoms with E-state index in [4.69, 9.17) is 4.74 Å². The van der Waals surface area contributed by atoms with E-state index in [-0.39, 0.29) is 11.9 Å². The number of benzene rings is 1. The van der Waals surface area contributed by atoms with Crippen LogP contribution in [-0.2, 0) is 6.54 Å². The zero-order valence-corrected chi connectivity index (χ0v) is 12.8. The van der Waals surface area contributed by atoms with Crippen molar-refractivity contribution in [3.8, 4) is 5.75 Å². The SMILES string of the molecule is CN(C)c1ccncc1CN[C@@H]1CCOc2ccc(F)cc21. The largest absolute Gasteiger partial charge is 0.493 e. The molecule has 0 bridgehead atoms. The van der Waals surface area contributed by atoms with Crippen molar-refractivity contribution in [1.29, 1.82) is 0 Å². The van der Waals surface area contributed by atoms with Gasteiger partial charge in [-0.3, -0.25) is 4.98 Å². The first-order chi connectivity index (χ1) is 10.6. The van der Waals surface area contributed by atoms with Gasteiger partial charge in [0, 0.05) is 62.3 Å². The first-order valence-corrected chi connectivity index (χ1v) is 7.41. The van der Waals surface area contributed by atoms with Crippen LogP contribution >= 0.6 is 0 Å². The summed E-state index contributed by atoms with van der Waals surface area (Å²) < 4.78 is 19.1. The second-order valence-corrected chi connectivity index (χ2v) is 5.65. The molecule has 5 heteroatoms. The number of halogens is 1. The Kier molecular flexibility index (Phi) is 4.24. The van der Waals surface area contributed by atoms with E-state index in [1.165, 1.54) is 6.07 Å². The van der Waals surface area contributed by atoms with Gasteiger partial charge in [0.1, 0.15) is 11.6 Å². The van der Waals surface area contributed by atoms with E-state index >= 15 is 0 Å². The number of rotatable bonds is 4. The lowest BCUT2D eigenvalue weighted by atomic mass is 10.00. The third kappa shape index (κ3) is 3.04. The van der Waals surface area contributed by atoms with E-state index < -0.39 is 0 Å². The highest BCUT2D eigenvalue weighted by molar-refractivity contribution is 5.51. The molecule has 0 radical (unpaired) electrons. The normalized spacial score (nSPS) is 16.8. The number of fused-ring (bicyclic) bond motifs is 1. The quantitative estimate of drug-likeness (QED) is 0.942. The van der Waals surface area contributed by atoms with Crippen LogP contribution in [0, 0.1) is 5.82 Å². The van der Waals surface area contributed by atoms with Crippen LogP contribution in [0.1, 0.15) is 23.6 Å². The Balaban J connectivity index is 1.77. The summed E-state index contributed by atoms with van der Waals surface area (Å²) in [7, 11) is 4.02. The van der Waals surface area contributed by atoms with Crippen molar-refractivity contribution in [1.82, 2.24) is 10.3 Å². The molecule has 0 fully saturated rings. The summed E-state index contributed by atoms with van der Waals surface area (Å²) >= 11 is 0. The number of pyridine rings is 1. The number of nitrogens with zero attached hydrogens (tertiary/aromatic N) is 2. The van der Waals surface area contributed by atoms with Crippen LogP contribution in [-0.4, -0.2) is 25.7 Å². The molecule has 1 N–H and O–H groups in total. The van der Waals surface area contributed by atoms with Crippen LogP contribution in [0.2, 0.25) is 0 Å². The highest BCUT2D eigenvalue weighted by Gasteiger charge is 2.22. The first-order valence-electron chi connectivity index (χ1n) is 7.41. The van der Waals surface area contributed by atoms with Gasteiger partial charge in [0.05, 0.1) is 6.61 Å². The van der Waals surface area contributed by atoms with Gasteiger partial charge in [0.2, 0.25) is 0 Å². The summed E-state index contributed by atoms with van der Waals surface area (Å²) in [5.74, 6) is 0.538. The summed E-state index contributed by atoms with van der Waals surface area (Å²) in [5.41, 5.74) is 3.15. The molecule has 0 aliphatic carbocycles. The molecule has 2 aromatic rings. The number of anilines is 1. The Hall–Kier alpha value is -2.14. The summed E-state index contributed by atoms with van der Waals surface area (Å²) in [5, 5.41) is 3.50. The second-order valence-electron chi connectivity index (χ2n) is 5.65. The molecule has 0 amide bonds. The first kappa shape index (κ1) is 14.8. The maximum Gasteiger partial charge on any atom is 0.124 e. The zero-order chi connectivity index (χ0) is 15.5. The predicted octanol–water partition coefficient (Wildman–Crippen LogP) is 2.90. The van der Waals surface area contributed by atoms with Crippen LogP contribution in [0.4, 0.5) is 10.1 Å². The molecular formula is C17H20FN3O. The zero-order valence-electron chi connectivity index (χ0n) is 12.8. The molecule has 0 unspecified atom stereocenters. The van der Waals surface area contributed by atoms with Gasteiger partial charge >= 0.3 is 0 Å². The smallest absolute Gasteiger partial charge is 0.124 e. The van der Waals surface area contributed by atoms with Crippen molar-refractivity contribution in [2.45, 2.75) is 19.0 Å². The lowest BCUT2D eigenvalue weighted by Gasteiger charge is -2.27. The molecule has 1 atom stereocenters. The molecule has 2 heterocycles. The summed E-state index contributed by atoms with van der Waals surface area (Å²) in [6.45, 7) is 1.33. The van der Waals surface area contributed by atoms with Crippen LogP contribution in [0.15, 0.2) is 36.7 Å². The number of aromatic nitrogens is 1. The van der Waals surface area contributed by atoms with Crippen molar-refractivity contribution in [3.05, 3.63) is 53.6 Å². The molecule has 116 valence electrons. The van der Waals surface area contributed by atoms with Gasteiger partial charge in [-0.05, 0) is 24.3 Å². The maximum atomic E-state index is 13.5. The van der Waals surface area contributed by atoms with Gasteiger partial charge in [-0.1, -0.05) is 0 Å². The van der Waals surface area contributed by atoms with Gasteiger partial charge in [-0.25, -0.2) is 4.39 Å². The number of hydrogen-bond acceptors (Lipinski definition) is 4. The number of ether oxygens (including phenoxy) is 1. The molecule has 22 heavy (non-hydrogen) atoms. The molecule has 3 rings (SSSR count). The van der Waals surface area contributed by atoms with Crippen LogP contribution in [0.25, 0.3) is 0 Å². The predicted molar refractivity (Wildman–Crippen MR) is 84.7 cm³/mol. The molecule has 4 nitrogen and oxygen atoms in total. The fourth-order valence-corrected chi connectivity index (χ4v) is 2.80. The van der Waals surface area contributed by atoms with Crippen LogP contribution in [0.5, 0.6) is 5.75 Å². The van der Waals surface area contributed by atoms with E-state index in [1.807, 2.05) is 26.4 Å². The van der Waals surface area contributed by atoms with E-state index in [0.717, 1.165) is 29.0 Å². The Bertz CT molecular complexity index is 660. The molecule has 1 aliphatic rings. The van der Waals surface area contributed by atoms with E-state index in [1.54, 1.807) is 18.3 Å². The second kappa shape index (κ2) is 6.32. The molecule has 0 spiro atoms. The van der Waals surface area contributed by atoms with Crippen molar-refractivity contribution >= 4 is 5.69 Å². The van der Waals surface area contributed by atoms with Crippen molar-refractivity contribution < 1.29 is 9.13 Å². The van der Waals surface area contributed by atoms with Gasteiger partial charge in [0.25, 0.3) is 0 Å². The highest BCUT2D eigenvalue weighted by atomic mass is 19.1. The Morgan fingerprint density at radius 1 is 1.36 bits per heavy atom. The monoisotopic (exact) mass is 301 g/mol. The number of nitrogens with one attached hydrogen (secondary N) is 1. The van der Waals surface area contributed by atoms with Gasteiger partial charge in [-0.2, -0.15) is 0 Å². The fraction of sp³-hybridized carbons (Fsp3) is 0.353. The summed E-state index contributed by atoms with van der Waals surface area (Å²) in [6.07, 6.45) is 4.49. The Labute approximate surface area is 129 Å². The van der Waals surface area contributed by atoms with Crippen molar-refractivity contribution in [3.63, 3.8) is 0 Å². The van der Waals surface area contributed by atoms with Crippen LogP contribution in [0.3, 0.4) is 0 Å². The molecule has 1 aromatic carbocycles. The average Bonchev–Trinajstić information content (AvgIpc) is 2.53. The van der Waals surface area contributed by atoms with E-state index in [9.17, 15) is 4.39 Å². The molecule has 1 aliphatic heterocycles. The highest BCUT2D eigenvalue weighted by Crippen LogP contribution is 2.33. The maximum absolute atomic E-state index is 13.5. The standard InChI is InChI=1S/C17H20FN3O/c1-21(2)16-5-7-19-10-12(16)11-20-15-6-8-22-17-4-3-13(18)9-14(15)17/h3-5,7,9-10,15,20H,6,8,11H2,1-2H3/t15-/m1/s1. The Morgan fingerprint density at radius 2 is 2.23 bits per heavy atom. The van der Waals surface area contributed by atoms with Crippen molar-refractivity contribution in [2.75, 3.05) is 25.6 Å². The minimum Gasteiger partial charge on any atom is -0.493 e. The average molecular weight is 301 g/mol. The minimum atomic E-state index is -0.230. The third-order valence-corrected chi connectivity index (χ3v) is 3.91. The minimum absolute atomic E-state index is 0.0923. The molecule has 0 saturated carbocycles. The fourth-order valence-electron chi connectivity index (χ4n) is 2.80. The molecule has 0 saturated heterocycles. The summed E-state index contributed by atoms with van der Waals surface area (Å²) in [6, 6.07) is 6.78. The van der Waals surface area contributed by atoms with Gasteiger partial charge < -0.3 is 15.0 Å². The topological polar surface area (TPSA) is 37.4 Å². The van der Waals surface area contributed by atoms with Crippen molar-refractivity contribution in [2.24, 2.45) is 0 Å². The van der Waals surface area contributed by atoms with E-state index in [0.29, 0.717) is 13.2 Å². The third-order valence-electron chi connectivity index (χ3n) is 3.91. The van der Waals surface area contributed by atoms with Crippen LogP contribution < -0.4 is 15.0 Å². The Morgan fingerprint density at radius 3 is 3.05 bits per heavy atom. The van der Waals surface area contributed by atoms with Gasteiger partial charge in [-0.15, -0.1) is 0 Å². The number of hydrogen-bond donors (Lipinski definition) is 1. The lowest BCUT2D eigenvalue weighted by Crippen LogP contribution is -2.27. The van der Waals surface area contributed by atoms with Gasteiger partial charge in [0.15, 0.2) is 0 Å². The lowest BCUT2D eigenvalue weighted by molar-refractivity contribution is 0.251. The molecule has 1 aromatic heterocycles. The van der Waals surface area contributed by atoms with E-state index in [2.05, 4.69) is 15.2 Å². The summed E-state index contributed by atoms with van der Waals surface area (Å²) in [4.78, 5) is 6.26.